The molecule has 0 spiro atoms. The Morgan fingerprint density at radius 3 is 2.03 bits per heavy atom. The van der Waals surface area contributed by atoms with Crippen LogP contribution in [0.25, 0.3) is 0 Å². The van der Waals surface area contributed by atoms with E-state index in [2.05, 4.69) is 39.1 Å². The maximum Gasteiger partial charge on any atom is 0.326 e. The molecule has 3 atom stereocenters. The van der Waals surface area contributed by atoms with Crippen molar-refractivity contribution < 1.29 is 47.9 Å². The molecule has 6 rings (SSSR count). The smallest absolute Gasteiger partial charge is 0.326 e. The number of hydrogen-bond donors (Lipinski definition) is 2. The van der Waals surface area contributed by atoms with E-state index >= 15 is 0 Å². The van der Waals surface area contributed by atoms with Crippen molar-refractivity contribution in [2.75, 3.05) is 59.8 Å². The highest BCUT2D eigenvalue weighted by atomic mass is 16.6. The molecule has 1 saturated heterocycles. The highest BCUT2D eigenvalue weighted by Gasteiger charge is 2.42. The van der Waals surface area contributed by atoms with Gasteiger partial charge in [0.2, 0.25) is 5.91 Å². The second kappa shape index (κ2) is 21.4. The monoisotopic (exact) mass is 926 g/mol. The van der Waals surface area contributed by atoms with Gasteiger partial charge < -0.3 is 43.7 Å². The number of aliphatic hydroxyl groups excluding tert-OH is 1. The second-order valence-electron chi connectivity index (χ2n) is 19.7. The van der Waals surface area contributed by atoms with E-state index < -0.39 is 36.2 Å². The van der Waals surface area contributed by atoms with Gasteiger partial charge in [-0.25, -0.2) is 15.0 Å². The molecule has 15 nitrogen and oxygen atoms in total. The van der Waals surface area contributed by atoms with Gasteiger partial charge in [0.05, 0.1) is 80.0 Å². The van der Waals surface area contributed by atoms with Gasteiger partial charge in [0.25, 0.3) is 0 Å². The molecule has 67 heavy (non-hydrogen) atoms. The van der Waals surface area contributed by atoms with E-state index in [1.54, 1.807) is 48.7 Å². The minimum absolute atomic E-state index is 0.0155. The van der Waals surface area contributed by atoms with Crippen LogP contribution in [-0.4, -0.2) is 122 Å². The van der Waals surface area contributed by atoms with Crippen molar-refractivity contribution in [3.05, 3.63) is 91.5 Å². The number of nitrogens with zero attached hydrogens (tertiary/aromatic N) is 4. The first-order valence-electron chi connectivity index (χ1n) is 23.5. The normalized spacial score (nSPS) is 20.8. The number of esters is 2. The zero-order chi connectivity index (χ0) is 49.0. The van der Waals surface area contributed by atoms with Crippen LogP contribution in [0.4, 0.5) is 0 Å². The van der Waals surface area contributed by atoms with Crippen molar-refractivity contribution >= 4 is 35.0 Å². The van der Waals surface area contributed by atoms with Crippen molar-refractivity contribution in [1.82, 2.24) is 10.2 Å². The summed E-state index contributed by atoms with van der Waals surface area (Å²) in [7, 11) is 1.64. The first-order valence-corrected chi connectivity index (χ1v) is 23.5. The summed E-state index contributed by atoms with van der Waals surface area (Å²) in [6, 6.07) is 0. The first kappa shape index (κ1) is 51.2. The van der Waals surface area contributed by atoms with Gasteiger partial charge in [-0.1, -0.05) is 13.8 Å². The lowest BCUT2D eigenvalue weighted by Crippen LogP contribution is -2.43. The Kier molecular flexibility index (Phi) is 16.3. The zero-order valence-corrected chi connectivity index (χ0v) is 41.9. The number of rotatable bonds is 19. The number of aliphatic hydroxyl groups is 1. The van der Waals surface area contributed by atoms with Crippen molar-refractivity contribution in [2.24, 2.45) is 26.8 Å². The molecule has 1 aliphatic carbocycles. The zero-order valence-electron chi connectivity index (χ0n) is 41.9. The summed E-state index contributed by atoms with van der Waals surface area (Å²) in [5.41, 5.74) is 11.3. The fourth-order valence-corrected chi connectivity index (χ4v) is 9.20. The minimum atomic E-state index is -0.785. The average Bonchev–Trinajstić information content (AvgIpc) is 3.99. The van der Waals surface area contributed by atoms with E-state index in [-0.39, 0.29) is 42.4 Å². The van der Waals surface area contributed by atoms with Gasteiger partial charge in [0.1, 0.15) is 30.1 Å². The molecule has 0 aromatic heterocycles. The highest BCUT2D eigenvalue weighted by molar-refractivity contribution is 6.21. The van der Waals surface area contributed by atoms with Crippen LogP contribution in [0.2, 0.25) is 0 Å². The molecule has 8 bridgehead atoms. The number of carbonyl (C=O) groups is 3. The van der Waals surface area contributed by atoms with Gasteiger partial charge in [-0.3, -0.25) is 14.4 Å². The third-order valence-corrected chi connectivity index (χ3v) is 12.4. The van der Waals surface area contributed by atoms with Gasteiger partial charge in [0.15, 0.2) is 0 Å². The maximum atomic E-state index is 14.2. The summed E-state index contributed by atoms with van der Waals surface area (Å²) in [5, 5.41) is 15.4. The molecule has 2 N–H and O–H groups in total. The largest absolute Gasteiger partial charge is 0.511 e. The number of amides is 1. The van der Waals surface area contributed by atoms with Crippen molar-refractivity contribution in [2.45, 2.75) is 126 Å². The van der Waals surface area contributed by atoms with E-state index in [9.17, 15) is 19.5 Å². The molecular weight excluding hydrogens is 855 g/mol. The Balaban J connectivity index is 1.36. The predicted molar refractivity (Wildman–Crippen MR) is 258 cm³/mol. The van der Waals surface area contributed by atoms with Crippen LogP contribution in [0.15, 0.2) is 106 Å². The molecule has 1 unspecified atom stereocenters. The van der Waals surface area contributed by atoms with Crippen molar-refractivity contribution in [1.29, 1.82) is 0 Å². The fraction of sp³-hybridized carbons (Fsp3) is 0.577. The average molecular weight is 926 g/mol. The van der Waals surface area contributed by atoms with Gasteiger partial charge in [-0.05, 0) is 123 Å². The molecule has 0 saturated carbocycles. The lowest BCUT2D eigenvalue weighted by Gasteiger charge is -2.27. The minimum Gasteiger partial charge on any atom is -0.511 e. The molecule has 364 valence electrons. The molecule has 6 aliphatic rings. The van der Waals surface area contributed by atoms with E-state index in [1.807, 2.05) is 26.0 Å². The molecule has 5 aliphatic heterocycles. The summed E-state index contributed by atoms with van der Waals surface area (Å²) >= 11 is 0. The van der Waals surface area contributed by atoms with Crippen molar-refractivity contribution in [3.8, 4) is 0 Å². The summed E-state index contributed by atoms with van der Waals surface area (Å²) in [5.74, 6) is -1.78. The van der Waals surface area contributed by atoms with Gasteiger partial charge in [-0.15, -0.1) is 0 Å². The number of nitrogens with one attached hydrogen (secondary N) is 1. The van der Waals surface area contributed by atoms with Crippen LogP contribution < -0.4 is 5.32 Å². The summed E-state index contributed by atoms with van der Waals surface area (Å²) in [6.07, 6.45) is 7.20. The number of hydrogen-bond acceptors (Lipinski definition) is 14. The SMILES string of the molecule is CCC1=C(C)C2=NC1=CC1=C(C)C3=C(O)CC(=C4NC(=CC5=NC(=C2)C(C(C)OCCOCCOCCOC)=C5C)[C@@H](C)[C@@H]4CCC(=O)N(CC(=O)OC(C)(C)C)CC(=O)OC(C)(C)C)C3=N1. The number of allylic oxidation sites excluding steroid dienone is 11. The topological polar surface area (TPSA) is 179 Å². The number of aliphatic imine (C=N–C) groups is 3. The quantitative estimate of drug-likeness (QED) is 0.0947. The lowest BCUT2D eigenvalue weighted by atomic mass is 9.86. The van der Waals surface area contributed by atoms with E-state index in [4.69, 9.17) is 43.4 Å². The van der Waals surface area contributed by atoms with Crippen LogP contribution in [0.1, 0.15) is 109 Å². The number of carbonyl (C=O) groups excluding carboxylic acids is 3. The van der Waals surface area contributed by atoms with Gasteiger partial charge >= 0.3 is 11.9 Å². The number of fused-ring (bicyclic) bond motifs is 5. The summed E-state index contributed by atoms with van der Waals surface area (Å²) < 4.78 is 33.9. The molecule has 0 radical (unpaired) electrons. The fourth-order valence-electron chi connectivity index (χ4n) is 9.20. The molecule has 0 aromatic carbocycles. The Hall–Kier alpha value is -5.22. The van der Waals surface area contributed by atoms with Crippen LogP contribution in [0, 0.1) is 11.8 Å². The maximum absolute atomic E-state index is 14.2. The molecule has 0 aromatic rings. The number of ether oxygens (including phenoxy) is 6. The Labute approximate surface area is 396 Å². The Bertz CT molecular complexity index is 2340. The lowest BCUT2D eigenvalue weighted by molar-refractivity contribution is -0.163. The Morgan fingerprint density at radius 2 is 1.42 bits per heavy atom. The highest BCUT2D eigenvalue weighted by Crippen LogP contribution is 2.46. The summed E-state index contributed by atoms with van der Waals surface area (Å²) in [6.45, 7) is 24.8. The standard InChI is InChI=1S/C52H71N5O10/c1-14-34-29(2)37-26-42-47(33(6)65-22-21-64-20-19-63-18-17-62-13)31(4)39(54-42)24-38-30(3)35(49(55-38)36-23-43(58)48-32(5)40(56-50(36)48)25-41(34)53-37)15-16-44(59)57(27-45(60)66-51(7,8)9)28-46(61)67-52(10,11)12/h24-26,30,33,35,55,58H,14-23,27-28H2,1-13H3/t30-,33?,35-/m0/s1. The number of methoxy groups -OCH3 is 1. The second-order valence-corrected chi connectivity index (χ2v) is 19.7. The Morgan fingerprint density at radius 1 is 0.821 bits per heavy atom. The first-order chi connectivity index (χ1) is 31.6. The molecular formula is C52H71N5O10. The predicted octanol–water partition coefficient (Wildman–Crippen LogP) is 8.03. The van der Waals surface area contributed by atoms with Crippen LogP contribution in [0.5, 0.6) is 0 Å². The molecule has 1 amide bonds. The van der Waals surface area contributed by atoms with Crippen LogP contribution in [-0.2, 0) is 42.8 Å². The van der Waals surface area contributed by atoms with E-state index in [1.165, 1.54) is 4.90 Å². The third kappa shape index (κ3) is 12.3. The van der Waals surface area contributed by atoms with Gasteiger partial charge in [-0.2, -0.15) is 0 Å². The van der Waals surface area contributed by atoms with E-state index in [0.717, 1.165) is 79.8 Å². The van der Waals surface area contributed by atoms with Crippen molar-refractivity contribution in [3.63, 3.8) is 0 Å². The summed E-state index contributed by atoms with van der Waals surface area (Å²) in [4.78, 5) is 57.3. The van der Waals surface area contributed by atoms with Gasteiger partial charge in [0, 0.05) is 59.9 Å². The molecule has 1 fully saturated rings. The van der Waals surface area contributed by atoms with E-state index in [0.29, 0.717) is 57.3 Å². The molecule has 15 heteroatoms. The molecule has 5 heterocycles. The van der Waals surface area contributed by atoms with Crippen LogP contribution >= 0.6 is 0 Å². The third-order valence-electron chi connectivity index (χ3n) is 12.4. The van der Waals surface area contributed by atoms with Crippen LogP contribution in [0.3, 0.4) is 0 Å².